The van der Waals surface area contributed by atoms with E-state index >= 15 is 0 Å². The second-order valence-corrected chi connectivity index (χ2v) is 11.8. The lowest BCUT2D eigenvalue weighted by Gasteiger charge is -2.12. The fourth-order valence-electron chi connectivity index (χ4n) is 5.17. The molecular weight excluding hydrogens is 540 g/mol. The second-order valence-electron chi connectivity index (χ2n) is 11.8. The normalized spacial score (nSPS) is 11.7. The van der Waals surface area contributed by atoms with Crippen LogP contribution in [0.3, 0.4) is 0 Å². The molecule has 0 heteroatoms. The molecular formula is C45H46. The standard InChI is InChI=1S/C27H24.C13H14.C5H8/c1-20-11-15-23(16-12-20)24-17-13-22(14-18-24)19-25-8-4-6-10-27(25)26-9-5-3-7-21(26)2;1-11-7-9-13(10-8-11)12-5-3-2-4-6-12;1-4-5(2)3/h3-18H,19H2,1-2H3;3,5-10H,2,4H2,1H3;4H,1-2H2,3H3. The molecule has 0 bridgehead atoms. The van der Waals surface area contributed by atoms with Gasteiger partial charge in [-0.15, -0.1) is 0 Å². The highest BCUT2D eigenvalue weighted by Gasteiger charge is 2.08. The number of hydrogen-bond acceptors (Lipinski definition) is 0. The van der Waals surface area contributed by atoms with Gasteiger partial charge in [0.1, 0.15) is 0 Å². The van der Waals surface area contributed by atoms with E-state index in [4.69, 9.17) is 0 Å². The van der Waals surface area contributed by atoms with E-state index < -0.39 is 0 Å². The molecule has 0 amide bonds. The van der Waals surface area contributed by atoms with Gasteiger partial charge >= 0.3 is 0 Å². The topological polar surface area (TPSA) is 0 Å². The second kappa shape index (κ2) is 16.8. The third-order valence-electron chi connectivity index (χ3n) is 7.91. The van der Waals surface area contributed by atoms with Crippen LogP contribution in [0.15, 0.2) is 164 Å². The van der Waals surface area contributed by atoms with Crippen LogP contribution in [-0.2, 0) is 6.42 Å². The van der Waals surface area contributed by atoms with E-state index in [0.717, 1.165) is 12.0 Å². The highest BCUT2D eigenvalue weighted by molar-refractivity contribution is 5.75. The molecule has 5 aromatic carbocycles. The predicted molar refractivity (Wildman–Crippen MR) is 199 cm³/mol. The third kappa shape index (κ3) is 10.1. The SMILES string of the molecule is C=CC(=C)C.Cc1ccc(-c2ccc(Cc3ccccc3-c3ccccc3C)cc2)cc1.Cc1ccc(C2=CCCC=C2)cc1. The summed E-state index contributed by atoms with van der Waals surface area (Å²) in [6, 6.07) is 43.8. The summed E-state index contributed by atoms with van der Waals surface area (Å²) in [7, 11) is 0. The molecule has 0 fully saturated rings. The molecule has 45 heavy (non-hydrogen) atoms. The van der Waals surface area contributed by atoms with Crippen molar-refractivity contribution in [3.05, 3.63) is 198 Å². The maximum atomic E-state index is 3.56. The quantitative estimate of drug-likeness (QED) is 0.174. The van der Waals surface area contributed by atoms with Crippen LogP contribution in [0, 0.1) is 20.8 Å². The molecule has 1 aliphatic carbocycles. The fraction of sp³-hybridized carbons (Fsp3) is 0.156. The maximum Gasteiger partial charge on any atom is -0.00196 e. The van der Waals surface area contributed by atoms with Gasteiger partial charge in [0, 0.05) is 0 Å². The smallest absolute Gasteiger partial charge is 0.00196 e. The lowest BCUT2D eigenvalue weighted by atomic mass is 9.92. The first-order chi connectivity index (χ1) is 21.8. The summed E-state index contributed by atoms with van der Waals surface area (Å²) in [5, 5.41) is 0. The van der Waals surface area contributed by atoms with Crippen LogP contribution >= 0.6 is 0 Å². The molecule has 5 aromatic rings. The molecule has 0 heterocycles. The Bertz CT molecular complexity index is 1740. The molecule has 0 unspecified atom stereocenters. The van der Waals surface area contributed by atoms with Crippen molar-refractivity contribution >= 4 is 5.57 Å². The summed E-state index contributed by atoms with van der Waals surface area (Å²) in [5.41, 5.74) is 15.6. The van der Waals surface area contributed by atoms with E-state index in [2.05, 4.69) is 173 Å². The number of aryl methyl sites for hydroxylation is 3. The summed E-state index contributed by atoms with van der Waals surface area (Å²) in [5.74, 6) is 0. The molecule has 0 aliphatic heterocycles. The first kappa shape index (κ1) is 33.0. The zero-order chi connectivity index (χ0) is 32.0. The Morgan fingerprint density at radius 3 is 1.67 bits per heavy atom. The van der Waals surface area contributed by atoms with E-state index in [1.54, 1.807) is 6.08 Å². The summed E-state index contributed by atoms with van der Waals surface area (Å²) in [6.07, 6.45) is 11.8. The number of benzene rings is 5. The van der Waals surface area contributed by atoms with E-state index in [1.165, 1.54) is 74.0 Å². The summed E-state index contributed by atoms with van der Waals surface area (Å²) >= 11 is 0. The molecule has 0 radical (unpaired) electrons. The van der Waals surface area contributed by atoms with Crippen LogP contribution in [-0.4, -0.2) is 0 Å². The van der Waals surface area contributed by atoms with Gasteiger partial charge in [0.05, 0.1) is 0 Å². The average molecular weight is 587 g/mol. The van der Waals surface area contributed by atoms with E-state index in [1.807, 2.05) is 6.92 Å². The van der Waals surface area contributed by atoms with Gasteiger partial charge in [0.2, 0.25) is 0 Å². The minimum absolute atomic E-state index is 0.943. The van der Waals surface area contributed by atoms with Crippen LogP contribution in [0.1, 0.15) is 53.1 Å². The lowest BCUT2D eigenvalue weighted by Crippen LogP contribution is -1.93. The average Bonchev–Trinajstić information content (AvgIpc) is 3.07. The Labute approximate surface area is 271 Å². The summed E-state index contributed by atoms with van der Waals surface area (Å²) < 4.78 is 0. The molecule has 0 N–H and O–H groups in total. The van der Waals surface area contributed by atoms with Crippen LogP contribution in [0.4, 0.5) is 0 Å². The largest absolute Gasteiger partial charge is 0.0988 e. The van der Waals surface area contributed by atoms with Gasteiger partial charge in [0.15, 0.2) is 0 Å². The van der Waals surface area contributed by atoms with Crippen molar-refractivity contribution in [2.45, 2.75) is 47.0 Å². The Morgan fingerprint density at radius 1 is 0.622 bits per heavy atom. The highest BCUT2D eigenvalue weighted by Crippen LogP contribution is 2.29. The number of allylic oxidation sites excluding steroid dienone is 6. The first-order valence-electron chi connectivity index (χ1n) is 15.9. The molecule has 1 aliphatic rings. The van der Waals surface area contributed by atoms with Crippen molar-refractivity contribution in [2.24, 2.45) is 0 Å². The zero-order valence-electron chi connectivity index (χ0n) is 27.4. The number of hydrogen-bond donors (Lipinski definition) is 0. The summed E-state index contributed by atoms with van der Waals surface area (Å²) in [6.45, 7) is 15.4. The molecule has 0 saturated heterocycles. The first-order valence-corrected chi connectivity index (χ1v) is 15.9. The van der Waals surface area contributed by atoms with Gasteiger partial charge in [-0.2, -0.15) is 0 Å². The van der Waals surface area contributed by atoms with E-state index in [-0.39, 0.29) is 0 Å². The van der Waals surface area contributed by atoms with Gasteiger partial charge in [-0.25, -0.2) is 0 Å². The van der Waals surface area contributed by atoms with E-state index in [9.17, 15) is 0 Å². The maximum absolute atomic E-state index is 3.56. The van der Waals surface area contributed by atoms with Crippen molar-refractivity contribution in [3.8, 4) is 22.3 Å². The Hall–Kier alpha value is -4.94. The molecule has 6 rings (SSSR count). The van der Waals surface area contributed by atoms with Gasteiger partial charge in [-0.1, -0.05) is 175 Å². The molecule has 0 saturated carbocycles. The fourth-order valence-corrected chi connectivity index (χ4v) is 5.17. The van der Waals surface area contributed by atoms with Crippen molar-refractivity contribution < 1.29 is 0 Å². The zero-order valence-corrected chi connectivity index (χ0v) is 27.4. The minimum atomic E-state index is 0.943. The van der Waals surface area contributed by atoms with Crippen molar-refractivity contribution in [1.82, 2.24) is 0 Å². The van der Waals surface area contributed by atoms with Gasteiger partial charge < -0.3 is 0 Å². The number of rotatable bonds is 6. The van der Waals surface area contributed by atoms with Crippen molar-refractivity contribution in [1.29, 1.82) is 0 Å². The monoisotopic (exact) mass is 586 g/mol. The highest BCUT2D eigenvalue weighted by atomic mass is 14.1. The molecule has 0 spiro atoms. The summed E-state index contributed by atoms with van der Waals surface area (Å²) in [4.78, 5) is 0. The third-order valence-corrected chi connectivity index (χ3v) is 7.91. The van der Waals surface area contributed by atoms with Gasteiger partial charge in [-0.05, 0) is 97.0 Å². The van der Waals surface area contributed by atoms with Crippen LogP contribution in [0.2, 0.25) is 0 Å². The molecule has 0 nitrogen and oxygen atoms in total. The minimum Gasteiger partial charge on any atom is -0.0988 e. The predicted octanol–water partition coefficient (Wildman–Crippen LogP) is 12.7. The van der Waals surface area contributed by atoms with Gasteiger partial charge in [-0.3, -0.25) is 0 Å². The van der Waals surface area contributed by atoms with Crippen LogP contribution in [0.25, 0.3) is 27.8 Å². The lowest BCUT2D eigenvalue weighted by molar-refractivity contribution is 1.04. The van der Waals surface area contributed by atoms with Gasteiger partial charge in [0.25, 0.3) is 0 Å². The van der Waals surface area contributed by atoms with Crippen LogP contribution < -0.4 is 0 Å². The van der Waals surface area contributed by atoms with Crippen molar-refractivity contribution in [2.75, 3.05) is 0 Å². The Kier molecular flexibility index (Phi) is 12.3. The Morgan fingerprint density at radius 2 is 1.13 bits per heavy atom. The molecule has 0 aromatic heterocycles. The molecule has 226 valence electrons. The Balaban J connectivity index is 0.000000212. The van der Waals surface area contributed by atoms with E-state index in [0.29, 0.717) is 0 Å². The van der Waals surface area contributed by atoms with Crippen LogP contribution in [0.5, 0.6) is 0 Å². The molecule has 0 atom stereocenters. The van der Waals surface area contributed by atoms with Crippen molar-refractivity contribution in [3.63, 3.8) is 0 Å².